The first kappa shape index (κ1) is 26.2. The molecule has 144 valence electrons. The quantitative estimate of drug-likeness (QED) is 0.162. The number of esters is 1. The van der Waals surface area contributed by atoms with E-state index in [-0.39, 0.29) is 18.0 Å². The maximum atomic E-state index is 12.2. The van der Waals surface area contributed by atoms with Gasteiger partial charge in [-0.2, -0.15) is 0 Å². The zero-order valence-electron chi connectivity index (χ0n) is 14.3. The second-order valence-electron chi connectivity index (χ2n) is 5.23. The number of aliphatic hydroxyl groups excluding tert-OH is 3. The van der Waals surface area contributed by atoms with Crippen molar-refractivity contribution in [3.05, 3.63) is 0 Å². The van der Waals surface area contributed by atoms with Crippen molar-refractivity contribution in [1.82, 2.24) is 0 Å². The van der Waals surface area contributed by atoms with Crippen LogP contribution in [0.25, 0.3) is 0 Å². The van der Waals surface area contributed by atoms with Crippen LogP contribution in [0.5, 0.6) is 0 Å². The molecule has 9 nitrogen and oxygen atoms in total. The van der Waals surface area contributed by atoms with E-state index in [0.717, 1.165) is 27.7 Å². The van der Waals surface area contributed by atoms with Crippen LogP contribution in [-0.2, 0) is 23.9 Å². The van der Waals surface area contributed by atoms with Gasteiger partial charge in [0.25, 0.3) is 0 Å². The van der Waals surface area contributed by atoms with Gasteiger partial charge in [0, 0.05) is 6.92 Å². The Morgan fingerprint density at radius 1 is 1.04 bits per heavy atom. The molecule has 0 bridgehead atoms. The maximum absolute atomic E-state index is 12.2. The summed E-state index contributed by atoms with van der Waals surface area (Å²) in [5.74, 6) is -4.70. The SMILES string of the molecule is CC(=O)O[C@@](C(C)=O)(C(=S)C(C)=O)C(O)(C(C)=O)C(O)C(O)CO.[AsH3]. The standard InChI is InChI=1S/C14H20O9S.AsH3/c1-6(16)12(24)14(8(3)18,23-9(4)19)13(22,7(2)17)11(21)10(20)5-15;/h10-11,15,20-22H,5H2,1-4H3;1H3/t10?,11?,13?,14-;/m0./s1. The van der Waals surface area contributed by atoms with Crippen molar-refractivity contribution in [2.24, 2.45) is 0 Å². The summed E-state index contributed by atoms with van der Waals surface area (Å²) in [6.07, 6.45) is -4.58. The van der Waals surface area contributed by atoms with Crippen LogP contribution in [0.1, 0.15) is 27.7 Å². The van der Waals surface area contributed by atoms with Crippen LogP contribution < -0.4 is 0 Å². The van der Waals surface area contributed by atoms with Gasteiger partial charge in [0.15, 0.2) is 17.3 Å². The van der Waals surface area contributed by atoms with Gasteiger partial charge in [-0.25, -0.2) is 0 Å². The van der Waals surface area contributed by atoms with Crippen LogP contribution in [-0.4, -0.2) is 96.6 Å². The van der Waals surface area contributed by atoms with Gasteiger partial charge in [-0.1, -0.05) is 12.2 Å². The van der Waals surface area contributed by atoms with Gasteiger partial charge in [-0.05, 0) is 20.8 Å². The van der Waals surface area contributed by atoms with Crippen LogP contribution >= 0.6 is 12.2 Å². The van der Waals surface area contributed by atoms with E-state index >= 15 is 0 Å². The molecule has 0 fully saturated rings. The van der Waals surface area contributed by atoms with E-state index < -0.39 is 58.2 Å². The van der Waals surface area contributed by atoms with E-state index in [2.05, 4.69) is 0 Å². The number of carbonyl (C=O) groups excluding carboxylic acids is 4. The Balaban J connectivity index is 0. The molecule has 0 aliphatic carbocycles. The molecule has 11 heteroatoms. The molecule has 0 radical (unpaired) electrons. The summed E-state index contributed by atoms with van der Waals surface area (Å²) < 4.78 is 4.79. The first-order valence-corrected chi connectivity index (χ1v) is 7.17. The second-order valence-corrected chi connectivity index (χ2v) is 5.64. The molecule has 0 spiro atoms. The van der Waals surface area contributed by atoms with Crippen molar-refractivity contribution in [2.45, 2.75) is 51.1 Å². The first-order valence-electron chi connectivity index (χ1n) is 6.77. The van der Waals surface area contributed by atoms with E-state index in [9.17, 15) is 34.5 Å². The van der Waals surface area contributed by atoms with Crippen molar-refractivity contribution in [3.8, 4) is 0 Å². The Labute approximate surface area is 160 Å². The summed E-state index contributed by atoms with van der Waals surface area (Å²) >= 11 is 4.80. The molecule has 0 amide bonds. The van der Waals surface area contributed by atoms with Crippen molar-refractivity contribution < 1.29 is 44.3 Å². The Morgan fingerprint density at radius 2 is 1.48 bits per heavy atom. The van der Waals surface area contributed by atoms with Crippen molar-refractivity contribution in [1.29, 1.82) is 0 Å². The summed E-state index contributed by atoms with van der Waals surface area (Å²) in [7, 11) is 0. The van der Waals surface area contributed by atoms with Gasteiger partial charge in [0.1, 0.15) is 17.1 Å². The summed E-state index contributed by atoms with van der Waals surface area (Å²) in [4.78, 5) is 46.5. The molecule has 4 unspecified atom stereocenters. The van der Waals surface area contributed by atoms with Crippen LogP contribution in [0, 0.1) is 0 Å². The minimum absolute atomic E-state index is 0. The summed E-state index contributed by atoms with van der Waals surface area (Å²) in [6.45, 7) is 2.15. The summed E-state index contributed by atoms with van der Waals surface area (Å²) in [5, 5.41) is 39.5. The molecule has 0 aromatic rings. The monoisotopic (exact) mass is 442 g/mol. The molecule has 0 heterocycles. The van der Waals surface area contributed by atoms with E-state index in [0.29, 0.717) is 0 Å². The average Bonchev–Trinajstić information content (AvgIpc) is 2.48. The number of aliphatic hydroxyl groups is 4. The van der Waals surface area contributed by atoms with Crippen molar-refractivity contribution in [3.63, 3.8) is 0 Å². The summed E-state index contributed by atoms with van der Waals surface area (Å²) in [6, 6.07) is 0. The van der Waals surface area contributed by atoms with Crippen LogP contribution in [0.15, 0.2) is 0 Å². The van der Waals surface area contributed by atoms with E-state index in [1.54, 1.807) is 0 Å². The molecule has 0 saturated heterocycles. The Kier molecular flexibility index (Phi) is 10.1. The van der Waals surface area contributed by atoms with Crippen LogP contribution in [0.3, 0.4) is 0 Å². The third-order valence-electron chi connectivity index (χ3n) is 3.49. The Hall–Kier alpha value is -1.03. The number of Topliss-reactive ketones (excluding diaryl/α,β-unsaturated/α-hetero) is 3. The number of hydrogen-bond donors (Lipinski definition) is 4. The number of ketones is 3. The molecule has 0 saturated carbocycles. The normalized spacial score (nSPS) is 17.8. The van der Waals surface area contributed by atoms with E-state index in [1.807, 2.05) is 0 Å². The third-order valence-corrected chi connectivity index (χ3v) is 4.06. The molecule has 0 aliphatic heterocycles. The second kappa shape index (κ2) is 9.61. The molecular formula is C14H23AsO9S. The molecule has 0 aliphatic rings. The van der Waals surface area contributed by atoms with Gasteiger partial charge >= 0.3 is 23.9 Å². The predicted molar refractivity (Wildman–Crippen MR) is 93.1 cm³/mol. The molecule has 4 N–H and O–H groups in total. The molecule has 0 rings (SSSR count). The molecule has 25 heavy (non-hydrogen) atoms. The van der Waals surface area contributed by atoms with Crippen LogP contribution in [0.4, 0.5) is 0 Å². The number of carbonyl (C=O) groups is 4. The fourth-order valence-electron chi connectivity index (χ4n) is 2.30. The number of thiocarbonyl (C=S) groups is 1. The van der Waals surface area contributed by atoms with Crippen molar-refractivity contribution in [2.75, 3.05) is 6.61 Å². The van der Waals surface area contributed by atoms with E-state index in [1.165, 1.54) is 0 Å². The minimum atomic E-state index is -3.30. The molecule has 0 aromatic carbocycles. The van der Waals surface area contributed by atoms with Gasteiger partial charge < -0.3 is 25.2 Å². The molecule has 0 aromatic heterocycles. The fourth-order valence-corrected chi connectivity index (χ4v) is 2.64. The zero-order valence-corrected chi connectivity index (χ0v) is 18.1. The molecule has 5 atom stereocenters. The average molecular weight is 442 g/mol. The predicted octanol–water partition coefficient (Wildman–Crippen LogP) is -3.31. The van der Waals surface area contributed by atoms with Gasteiger partial charge in [0.2, 0.25) is 11.2 Å². The first-order chi connectivity index (χ1) is 10.8. The topological polar surface area (TPSA) is 158 Å². The fraction of sp³-hybridized carbons (Fsp3) is 0.643. The van der Waals surface area contributed by atoms with Gasteiger partial charge in [-0.3, -0.25) is 19.2 Å². The Morgan fingerprint density at radius 3 is 1.72 bits per heavy atom. The zero-order chi connectivity index (χ0) is 19.5. The number of hydrogen-bond acceptors (Lipinski definition) is 10. The van der Waals surface area contributed by atoms with Crippen molar-refractivity contribution >= 4 is 58.4 Å². The Bertz CT molecular complexity index is 579. The summed E-state index contributed by atoms with van der Waals surface area (Å²) in [5.41, 5.74) is -6.34. The number of rotatable bonds is 9. The third kappa shape index (κ3) is 4.58. The number of ether oxygens (including phenoxy) is 1. The van der Waals surface area contributed by atoms with E-state index in [4.69, 9.17) is 22.1 Å². The van der Waals surface area contributed by atoms with Crippen LogP contribution in [0.2, 0.25) is 0 Å². The molecular weight excluding hydrogens is 419 g/mol. The van der Waals surface area contributed by atoms with Gasteiger partial charge in [0.05, 0.1) is 6.61 Å². The van der Waals surface area contributed by atoms with Gasteiger partial charge in [-0.15, -0.1) is 0 Å².